The van der Waals surface area contributed by atoms with Gasteiger partial charge in [-0.15, -0.1) is 0 Å². The van der Waals surface area contributed by atoms with Gasteiger partial charge in [0.25, 0.3) is 5.91 Å². The van der Waals surface area contributed by atoms with Gasteiger partial charge in [0.15, 0.2) is 0 Å². The van der Waals surface area contributed by atoms with Crippen molar-refractivity contribution in [2.24, 2.45) is 34.5 Å². The molecular formula is C41H62N6O8. The Morgan fingerprint density at radius 1 is 0.873 bits per heavy atom. The summed E-state index contributed by atoms with van der Waals surface area (Å²) in [6.45, 7) is 13.6. The molecule has 14 heteroatoms. The van der Waals surface area contributed by atoms with Crippen molar-refractivity contribution in [3.05, 3.63) is 35.9 Å². The Hall–Kier alpha value is -4.49. The average Bonchev–Trinajstić information content (AvgIpc) is 3.43. The molecule has 4 N–H and O–H groups in total. The highest BCUT2D eigenvalue weighted by Gasteiger charge is 2.70. The van der Waals surface area contributed by atoms with E-state index in [9.17, 15) is 33.6 Å². The van der Waals surface area contributed by atoms with Crippen LogP contribution < -0.4 is 21.3 Å². The van der Waals surface area contributed by atoms with Crippen molar-refractivity contribution >= 4 is 41.4 Å². The monoisotopic (exact) mass is 766 g/mol. The molecule has 0 radical (unpaired) electrons. The van der Waals surface area contributed by atoms with E-state index < -0.39 is 65.7 Å². The van der Waals surface area contributed by atoms with E-state index in [1.807, 2.05) is 34.6 Å². The van der Waals surface area contributed by atoms with Crippen molar-refractivity contribution in [1.29, 1.82) is 0 Å². The molecule has 14 nitrogen and oxygen atoms in total. The predicted molar refractivity (Wildman–Crippen MR) is 206 cm³/mol. The number of hydrogen-bond donors (Lipinski definition) is 4. The Labute approximate surface area is 325 Å². The lowest BCUT2D eigenvalue weighted by molar-refractivity contribution is -0.146. The molecule has 1 aliphatic heterocycles. The van der Waals surface area contributed by atoms with Gasteiger partial charge in [-0.3, -0.25) is 28.8 Å². The summed E-state index contributed by atoms with van der Waals surface area (Å²) in [7, 11) is 3.13. The van der Waals surface area contributed by atoms with Crippen LogP contribution in [0.15, 0.2) is 30.3 Å². The number of piperidine rings is 1. The second-order valence-corrected chi connectivity index (χ2v) is 17.6. The number of likely N-dealkylation sites (tertiary alicyclic amines) is 1. The Balaban J connectivity index is 1.49. The zero-order valence-corrected chi connectivity index (χ0v) is 34.0. The van der Waals surface area contributed by atoms with Crippen molar-refractivity contribution < 1.29 is 38.3 Å². The molecular weight excluding hydrogens is 704 g/mol. The van der Waals surface area contributed by atoms with Gasteiger partial charge in [0, 0.05) is 20.6 Å². The summed E-state index contributed by atoms with van der Waals surface area (Å²) < 4.78 is 5.43. The van der Waals surface area contributed by atoms with Gasteiger partial charge in [-0.1, -0.05) is 98.1 Å². The molecule has 6 atom stereocenters. The molecule has 6 amide bonds. The van der Waals surface area contributed by atoms with Crippen molar-refractivity contribution in [2.45, 2.75) is 111 Å². The van der Waals surface area contributed by atoms with Gasteiger partial charge in [0.05, 0.1) is 19.2 Å². The maximum atomic E-state index is 14.6. The van der Waals surface area contributed by atoms with Gasteiger partial charge in [0.1, 0.15) is 18.1 Å². The van der Waals surface area contributed by atoms with E-state index in [2.05, 4.69) is 35.1 Å². The first-order valence-corrected chi connectivity index (χ1v) is 19.7. The van der Waals surface area contributed by atoms with Crippen LogP contribution in [0.2, 0.25) is 0 Å². The molecule has 304 valence electrons. The summed E-state index contributed by atoms with van der Waals surface area (Å²) in [5.41, 5.74) is -0.226. The molecule has 1 aromatic rings. The highest BCUT2D eigenvalue weighted by molar-refractivity contribution is 6.38. The Morgan fingerprint density at radius 2 is 1.51 bits per heavy atom. The van der Waals surface area contributed by atoms with Crippen LogP contribution in [-0.2, 0) is 33.5 Å². The molecule has 0 spiro atoms. The van der Waals surface area contributed by atoms with E-state index in [0.717, 1.165) is 32.1 Å². The summed E-state index contributed by atoms with van der Waals surface area (Å²) in [6, 6.07) is 4.60. The molecule has 1 aromatic carbocycles. The van der Waals surface area contributed by atoms with E-state index in [1.165, 1.54) is 4.90 Å². The maximum absolute atomic E-state index is 14.6. The van der Waals surface area contributed by atoms with Crippen LogP contribution in [0.3, 0.4) is 0 Å². The van der Waals surface area contributed by atoms with Gasteiger partial charge in [-0.2, -0.15) is 0 Å². The largest absolute Gasteiger partial charge is 0.449 e. The van der Waals surface area contributed by atoms with Crippen LogP contribution in [0.1, 0.15) is 98.6 Å². The van der Waals surface area contributed by atoms with Gasteiger partial charge in [-0.25, -0.2) is 4.79 Å². The first kappa shape index (κ1) is 43.2. The smallest absolute Gasteiger partial charge is 0.407 e. The number of alkyl carbamates (subject to hydrolysis) is 1. The molecule has 0 unspecified atom stereocenters. The Kier molecular flexibility index (Phi) is 14.1. The van der Waals surface area contributed by atoms with Crippen LogP contribution in [0.25, 0.3) is 0 Å². The normalized spacial score (nSPS) is 22.4. The number of nitrogens with zero attached hydrogens (tertiary/aromatic N) is 2. The molecule has 2 aliphatic carbocycles. The number of carbonyl (C=O) groups is 7. The third-order valence-electron chi connectivity index (χ3n) is 11.6. The van der Waals surface area contributed by atoms with Crippen LogP contribution in [-0.4, -0.2) is 103 Å². The van der Waals surface area contributed by atoms with Gasteiger partial charge in [0.2, 0.25) is 29.4 Å². The quantitative estimate of drug-likeness (QED) is 0.185. The topological polar surface area (TPSA) is 183 Å². The number of ether oxygens (including phenoxy) is 1. The number of likely N-dealkylation sites (N-methyl/N-ethyl adjacent to an activating group) is 1. The van der Waals surface area contributed by atoms with E-state index in [4.69, 9.17) is 4.74 Å². The fourth-order valence-corrected chi connectivity index (χ4v) is 8.33. The summed E-state index contributed by atoms with van der Waals surface area (Å²) in [4.78, 5) is 97.5. The molecule has 1 heterocycles. The molecule has 2 saturated carbocycles. The average molecular weight is 767 g/mol. The molecule has 3 fully saturated rings. The van der Waals surface area contributed by atoms with Gasteiger partial charge < -0.3 is 35.8 Å². The van der Waals surface area contributed by atoms with Crippen LogP contribution in [0, 0.1) is 34.5 Å². The summed E-state index contributed by atoms with van der Waals surface area (Å²) >= 11 is 0. The van der Waals surface area contributed by atoms with E-state index in [0.29, 0.717) is 12.1 Å². The summed E-state index contributed by atoms with van der Waals surface area (Å²) in [5.74, 6) is -4.07. The third kappa shape index (κ3) is 10.4. The molecule has 1 saturated heterocycles. The third-order valence-corrected chi connectivity index (χ3v) is 11.6. The van der Waals surface area contributed by atoms with E-state index in [-0.39, 0.29) is 53.9 Å². The van der Waals surface area contributed by atoms with E-state index >= 15 is 0 Å². The molecule has 3 aliphatic rings. The number of carbonyl (C=O) groups excluding carboxylic acids is 7. The maximum Gasteiger partial charge on any atom is 0.407 e. The Morgan fingerprint density at radius 3 is 2.09 bits per heavy atom. The van der Waals surface area contributed by atoms with Crippen molar-refractivity contribution in [1.82, 2.24) is 31.1 Å². The lowest BCUT2D eigenvalue weighted by Gasteiger charge is -2.43. The Bertz CT molecular complexity index is 1590. The fourth-order valence-electron chi connectivity index (χ4n) is 8.33. The SMILES string of the molecule is CC(C)COC(=O)N[C@H](C(=O)N1C[C@H]2[C@H]([C@H]1C(=O)N[C@@H](CC(C)C)C(=O)C(=O)NCC(=O)N[C@H](C(=O)N(C)C)c1ccccc1)C2(C)C)C1(C)CCCCC1. The van der Waals surface area contributed by atoms with E-state index in [1.54, 1.807) is 49.3 Å². The first-order valence-electron chi connectivity index (χ1n) is 19.7. The number of rotatable bonds is 16. The van der Waals surface area contributed by atoms with Crippen LogP contribution >= 0.6 is 0 Å². The van der Waals surface area contributed by atoms with Crippen molar-refractivity contribution in [3.8, 4) is 0 Å². The zero-order valence-electron chi connectivity index (χ0n) is 34.0. The highest BCUT2D eigenvalue weighted by Crippen LogP contribution is 2.65. The summed E-state index contributed by atoms with van der Waals surface area (Å²) in [5, 5.41) is 10.7. The first-order chi connectivity index (χ1) is 25.8. The zero-order chi connectivity index (χ0) is 40.8. The number of nitrogens with one attached hydrogen (secondary N) is 4. The number of Topliss-reactive ketones (excluding diaryl/α,β-unsaturated/α-hetero) is 1. The molecule has 55 heavy (non-hydrogen) atoms. The van der Waals surface area contributed by atoms with Crippen molar-refractivity contribution in [3.63, 3.8) is 0 Å². The fraction of sp³-hybridized carbons (Fsp3) is 0.683. The number of amides is 6. The van der Waals surface area contributed by atoms with Crippen LogP contribution in [0.4, 0.5) is 4.79 Å². The standard InChI is InChI=1S/C41H62N6O8/c1-24(2)20-28(33(49)36(51)42-21-29(48)44-31(37(52)46(8)9)26-16-12-10-13-17-26)43-35(50)32-30-27(40(30,5)6)22-47(32)38(53)34(41(7)18-14-11-15-19-41)45-39(54)55-23-25(3)4/h10,12-13,16-17,24-25,27-28,30-32,34H,11,14-15,18-23H2,1-9H3,(H,42,51)(H,43,50)(H,44,48)(H,45,54)/t27-,28-,30+,31-,32-,34+/m0/s1. The molecule has 0 aromatic heterocycles. The lowest BCUT2D eigenvalue weighted by atomic mass is 9.70. The number of ketones is 1. The summed E-state index contributed by atoms with van der Waals surface area (Å²) in [6.07, 6.45) is 3.79. The minimum atomic E-state index is -1.23. The number of benzene rings is 1. The highest BCUT2D eigenvalue weighted by atomic mass is 16.5. The lowest BCUT2D eigenvalue weighted by Crippen LogP contribution is -2.61. The minimum Gasteiger partial charge on any atom is -0.449 e. The molecule has 0 bridgehead atoms. The van der Waals surface area contributed by atoms with Gasteiger partial charge in [-0.05, 0) is 59.3 Å². The van der Waals surface area contributed by atoms with Crippen LogP contribution in [0.5, 0.6) is 0 Å². The second kappa shape index (κ2) is 18.0. The predicted octanol–water partition coefficient (Wildman–Crippen LogP) is 3.35. The van der Waals surface area contributed by atoms with Gasteiger partial charge >= 0.3 is 6.09 Å². The number of fused-ring (bicyclic) bond motifs is 1. The number of hydrogen-bond acceptors (Lipinski definition) is 8. The second-order valence-electron chi connectivity index (χ2n) is 17.6. The molecule has 4 rings (SSSR count). The van der Waals surface area contributed by atoms with Crippen molar-refractivity contribution in [2.75, 3.05) is 33.8 Å². The minimum absolute atomic E-state index is 0.0417.